The van der Waals surface area contributed by atoms with E-state index in [-0.39, 0.29) is 5.91 Å². The van der Waals surface area contributed by atoms with Gasteiger partial charge in [0, 0.05) is 5.56 Å². The van der Waals surface area contributed by atoms with Crippen LogP contribution in [0.5, 0.6) is 5.75 Å². The Morgan fingerprint density at radius 1 is 1.33 bits per heavy atom. The summed E-state index contributed by atoms with van der Waals surface area (Å²) >= 11 is 0. The van der Waals surface area contributed by atoms with E-state index < -0.39 is 6.10 Å². The van der Waals surface area contributed by atoms with E-state index in [9.17, 15) is 4.79 Å². The number of hydrogen-bond donors (Lipinski definition) is 1. The summed E-state index contributed by atoms with van der Waals surface area (Å²) in [5.74, 6) is 1.16. The van der Waals surface area contributed by atoms with Crippen molar-refractivity contribution in [2.24, 2.45) is 0 Å². The normalized spacial score (nSPS) is 16.8. The minimum Gasteiger partial charge on any atom is -0.481 e. The van der Waals surface area contributed by atoms with Crippen molar-refractivity contribution in [1.29, 1.82) is 0 Å². The Balaban J connectivity index is 1.56. The third kappa shape index (κ3) is 3.73. The highest BCUT2D eigenvalue weighted by molar-refractivity contribution is 5.81. The molecule has 7 heteroatoms. The molecule has 3 rings (SSSR count). The van der Waals surface area contributed by atoms with Gasteiger partial charge in [0.1, 0.15) is 5.75 Å². The molecule has 1 N–H and O–H groups in total. The molecule has 7 nitrogen and oxygen atoms in total. The van der Waals surface area contributed by atoms with E-state index in [1.807, 2.05) is 29.2 Å². The van der Waals surface area contributed by atoms with Gasteiger partial charge in [0.15, 0.2) is 6.10 Å². The molecule has 0 saturated carbocycles. The fraction of sp³-hybridized carbons (Fsp3) is 0.471. The Morgan fingerprint density at radius 2 is 2.04 bits per heavy atom. The molecule has 1 amide bonds. The number of amides is 1. The lowest BCUT2D eigenvalue weighted by Crippen LogP contribution is -3.14. The molecule has 0 unspecified atom stereocenters. The van der Waals surface area contributed by atoms with Crippen LogP contribution < -0.4 is 9.64 Å². The van der Waals surface area contributed by atoms with Crippen LogP contribution in [0.4, 0.5) is 0 Å². The fourth-order valence-electron chi connectivity index (χ4n) is 2.88. The Labute approximate surface area is 141 Å². The molecule has 1 aromatic carbocycles. The zero-order valence-corrected chi connectivity index (χ0v) is 14.1. The number of rotatable bonds is 5. The molecule has 1 aliphatic heterocycles. The van der Waals surface area contributed by atoms with Gasteiger partial charge in [0.2, 0.25) is 12.3 Å². The molecule has 2 aromatic rings. The largest absolute Gasteiger partial charge is 0.481 e. The number of hydrogen-bond acceptors (Lipinski definition) is 5. The van der Waals surface area contributed by atoms with E-state index in [4.69, 9.17) is 9.15 Å². The van der Waals surface area contributed by atoms with Gasteiger partial charge in [-0.1, -0.05) is 0 Å². The molecule has 0 radical (unpaired) electrons. The summed E-state index contributed by atoms with van der Waals surface area (Å²) in [7, 11) is 0. The van der Waals surface area contributed by atoms with Gasteiger partial charge < -0.3 is 19.0 Å². The highest BCUT2D eigenvalue weighted by atomic mass is 16.5. The lowest BCUT2D eigenvalue weighted by Gasteiger charge is -2.33. The number of nitrogens with one attached hydrogen (secondary N) is 1. The lowest BCUT2D eigenvalue weighted by atomic mass is 10.2. The van der Waals surface area contributed by atoms with Crippen molar-refractivity contribution in [3.05, 3.63) is 30.7 Å². The summed E-state index contributed by atoms with van der Waals surface area (Å²) < 4.78 is 10.9. The summed E-state index contributed by atoms with van der Waals surface area (Å²) in [4.78, 5) is 16.0. The molecular formula is C17H23N4O3+. The second-order valence-electron chi connectivity index (χ2n) is 5.96. The predicted octanol–water partition coefficient (Wildman–Crippen LogP) is 0.251. The number of quaternary nitrogens is 1. The van der Waals surface area contributed by atoms with Gasteiger partial charge in [-0.05, 0) is 38.1 Å². The Bertz CT molecular complexity index is 649. The molecule has 2 heterocycles. The minimum absolute atomic E-state index is 0.0473. The van der Waals surface area contributed by atoms with E-state index in [0.717, 1.165) is 38.3 Å². The Morgan fingerprint density at radius 3 is 2.62 bits per heavy atom. The molecule has 1 atom stereocenters. The number of carbonyl (C=O) groups is 1. The zero-order valence-electron chi connectivity index (χ0n) is 14.1. The highest BCUT2D eigenvalue weighted by Crippen LogP contribution is 2.21. The predicted molar refractivity (Wildman–Crippen MR) is 87.6 cm³/mol. The van der Waals surface area contributed by atoms with Gasteiger partial charge in [-0.3, -0.25) is 4.79 Å². The molecular weight excluding hydrogens is 308 g/mol. The summed E-state index contributed by atoms with van der Waals surface area (Å²) in [6.45, 7) is 8.70. The maximum Gasteiger partial charge on any atom is 0.263 e. The van der Waals surface area contributed by atoms with E-state index in [0.29, 0.717) is 11.6 Å². The van der Waals surface area contributed by atoms with Crippen LogP contribution >= 0.6 is 0 Å². The SMILES string of the molecule is CC[NH+]1CCN(C(=O)[C@H](C)Oc2ccc(-c3nnco3)cc2)CC1. The first-order valence-electron chi connectivity index (χ1n) is 8.33. The molecule has 1 aliphatic rings. The zero-order chi connectivity index (χ0) is 16.9. The molecule has 128 valence electrons. The van der Waals surface area contributed by atoms with Gasteiger partial charge in [-0.25, -0.2) is 0 Å². The van der Waals surface area contributed by atoms with Crippen molar-refractivity contribution < 1.29 is 18.8 Å². The maximum absolute atomic E-state index is 12.5. The highest BCUT2D eigenvalue weighted by Gasteiger charge is 2.27. The van der Waals surface area contributed by atoms with Gasteiger partial charge >= 0.3 is 0 Å². The summed E-state index contributed by atoms with van der Waals surface area (Å²) in [5.41, 5.74) is 0.817. The molecule has 24 heavy (non-hydrogen) atoms. The quantitative estimate of drug-likeness (QED) is 0.850. The van der Waals surface area contributed by atoms with Crippen molar-refractivity contribution >= 4 is 5.91 Å². The molecule has 1 saturated heterocycles. The maximum atomic E-state index is 12.5. The number of benzene rings is 1. The minimum atomic E-state index is -0.498. The Hall–Kier alpha value is -2.41. The summed E-state index contributed by atoms with van der Waals surface area (Å²) in [6, 6.07) is 7.29. The van der Waals surface area contributed by atoms with E-state index in [1.165, 1.54) is 6.39 Å². The second-order valence-corrected chi connectivity index (χ2v) is 5.96. The van der Waals surface area contributed by atoms with Gasteiger partial charge in [-0.15, -0.1) is 10.2 Å². The van der Waals surface area contributed by atoms with Crippen molar-refractivity contribution in [3.63, 3.8) is 0 Å². The molecule has 1 fully saturated rings. The smallest absolute Gasteiger partial charge is 0.263 e. The van der Waals surface area contributed by atoms with Crippen LogP contribution in [0.25, 0.3) is 11.5 Å². The first-order chi connectivity index (χ1) is 11.7. The molecule has 1 aromatic heterocycles. The van der Waals surface area contributed by atoms with Crippen molar-refractivity contribution in [1.82, 2.24) is 15.1 Å². The Kier molecular flexibility index (Phi) is 5.10. The monoisotopic (exact) mass is 331 g/mol. The van der Waals surface area contributed by atoms with Crippen LogP contribution in [0.15, 0.2) is 35.1 Å². The van der Waals surface area contributed by atoms with Crippen LogP contribution in [-0.4, -0.2) is 59.8 Å². The number of aromatic nitrogens is 2. The fourth-order valence-corrected chi connectivity index (χ4v) is 2.88. The van der Waals surface area contributed by atoms with Gasteiger partial charge in [0.05, 0.1) is 32.7 Å². The van der Waals surface area contributed by atoms with E-state index >= 15 is 0 Å². The van der Waals surface area contributed by atoms with Crippen LogP contribution in [0, 0.1) is 0 Å². The van der Waals surface area contributed by atoms with E-state index in [2.05, 4.69) is 17.1 Å². The molecule has 0 spiro atoms. The second kappa shape index (κ2) is 7.44. The number of piperazine rings is 1. The summed E-state index contributed by atoms with van der Waals surface area (Å²) in [6.07, 6.45) is 0.794. The third-order valence-corrected chi connectivity index (χ3v) is 4.40. The summed E-state index contributed by atoms with van der Waals surface area (Å²) in [5, 5.41) is 7.52. The number of carbonyl (C=O) groups excluding carboxylic acids is 1. The van der Waals surface area contributed by atoms with Crippen LogP contribution in [0.2, 0.25) is 0 Å². The first-order valence-corrected chi connectivity index (χ1v) is 8.33. The van der Waals surface area contributed by atoms with Crippen LogP contribution in [-0.2, 0) is 4.79 Å². The van der Waals surface area contributed by atoms with Gasteiger partial charge in [0.25, 0.3) is 5.91 Å². The van der Waals surface area contributed by atoms with Crippen LogP contribution in [0.1, 0.15) is 13.8 Å². The van der Waals surface area contributed by atoms with Crippen LogP contribution in [0.3, 0.4) is 0 Å². The number of ether oxygens (including phenoxy) is 1. The molecule has 0 bridgehead atoms. The van der Waals surface area contributed by atoms with Crippen molar-refractivity contribution in [2.75, 3.05) is 32.7 Å². The average Bonchev–Trinajstić information content (AvgIpc) is 3.16. The average molecular weight is 331 g/mol. The van der Waals surface area contributed by atoms with E-state index in [1.54, 1.807) is 11.8 Å². The van der Waals surface area contributed by atoms with Gasteiger partial charge in [-0.2, -0.15) is 0 Å². The number of nitrogens with zero attached hydrogens (tertiary/aromatic N) is 3. The molecule has 0 aliphatic carbocycles. The topological polar surface area (TPSA) is 72.9 Å². The first kappa shape index (κ1) is 16.4. The number of likely N-dealkylation sites (N-methyl/N-ethyl adjacent to an activating group) is 1. The third-order valence-electron chi connectivity index (χ3n) is 4.40. The van der Waals surface area contributed by atoms with Crippen molar-refractivity contribution in [3.8, 4) is 17.2 Å². The van der Waals surface area contributed by atoms with Crippen molar-refractivity contribution in [2.45, 2.75) is 20.0 Å². The standard InChI is InChI=1S/C17H22N4O3/c1-3-20-8-10-21(11-9-20)17(22)13(2)24-15-6-4-14(5-7-15)16-19-18-12-23-16/h4-7,12-13H,3,8-11H2,1-2H3/p+1/t13-/m0/s1. The lowest BCUT2D eigenvalue weighted by molar-refractivity contribution is -0.902.